The van der Waals surface area contributed by atoms with Crippen molar-refractivity contribution in [3.63, 3.8) is 0 Å². The average molecular weight is 351 g/mol. The number of pyridine rings is 1. The number of nitrogens with zero attached hydrogens (tertiary/aromatic N) is 2. The molecule has 7 nitrogen and oxygen atoms in total. The molecular formula is C19H17N3O4. The summed E-state index contributed by atoms with van der Waals surface area (Å²) in [6, 6.07) is 6.50. The third-order valence-electron chi connectivity index (χ3n) is 4.59. The monoisotopic (exact) mass is 351 g/mol. The van der Waals surface area contributed by atoms with E-state index in [0.717, 1.165) is 18.5 Å². The molecule has 1 aromatic carbocycles. The fraction of sp³-hybridized carbons (Fsp3) is 0.263. The van der Waals surface area contributed by atoms with Crippen LogP contribution >= 0.6 is 0 Å². The van der Waals surface area contributed by atoms with E-state index in [2.05, 4.69) is 15.5 Å². The molecule has 0 aliphatic heterocycles. The minimum atomic E-state index is -0.995. The second kappa shape index (κ2) is 5.94. The van der Waals surface area contributed by atoms with E-state index in [1.165, 1.54) is 6.07 Å². The maximum absolute atomic E-state index is 12.9. The number of benzene rings is 1. The van der Waals surface area contributed by atoms with E-state index in [1.807, 2.05) is 0 Å². The SMILES string of the molecule is Cc1cc(NC(=O)c2cc(C3CC3)nc3onc(C)c23)ccc1C(=O)O. The summed E-state index contributed by atoms with van der Waals surface area (Å²) in [5, 5.41) is 16.5. The van der Waals surface area contributed by atoms with E-state index < -0.39 is 5.97 Å². The van der Waals surface area contributed by atoms with Gasteiger partial charge in [-0.3, -0.25) is 4.79 Å². The molecule has 1 amide bonds. The number of carbonyl (C=O) groups excluding carboxylic acids is 1. The number of hydrogen-bond donors (Lipinski definition) is 2. The minimum absolute atomic E-state index is 0.209. The van der Waals surface area contributed by atoms with Crippen LogP contribution in [0, 0.1) is 13.8 Å². The lowest BCUT2D eigenvalue weighted by atomic mass is 10.1. The molecule has 132 valence electrons. The van der Waals surface area contributed by atoms with Crippen LogP contribution in [0.15, 0.2) is 28.8 Å². The maximum atomic E-state index is 12.9. The fourth-order valence-corrected chi connectivity index (χ4v) is 3.06. The lowest BCUT2D eigenvalue weighted by Crippen LogP contribution is -2.14. The molecule has 1 aliphatic carbocycles. The number of fused-ring (bicyclic) bond motifs is 1. The molecule has 2 aromatic heterocycles. The molecule has 3 aromatic rings. The van der Waals surface area contributed by atoms with E-state index in [-0.39, 0.29) is 11.5 Å². The molecule has 0 bridgehead atoms. The van der Waals surface area contributed by atoms with Gasteiger partial charge in [0.2, 0.25) is 0 Å². The van der Waals surface area contributed by atoms with Crippen molar-refractivity contribution in [2.24, 2.45) is 0 Å². The van der Waals surface area contributed by atoms with Crippen molar-refractivity contribution in [2.45, 2.75) is 32.6 Å². The number of nitrogens with one attached hydrogen (secondary N) is 1. The molecule has 4 rings (SSSR count). The van der Waals surface area contributed by atoms with Crippen molar-refractivity contribution < 1.29 is 19.2 Å². The van der Waals surface area contributed by atoms with Gasteiger partial charge in [0.25, 0.3) is 11.6 Å². The number of carboxylic acids is 1. The Morgan fingerprint density at radius 2 is 1.96 bits per heavy atom. The van der Waals surface area contributed by atoms with Gasteiger partial charge in [0.15, 0.2) is 0 Å². The summed E-state index contributed by atoms with van der Waals surface area (Å²) in [7, 11) is 0. The number of hydrogen-bond acceptors (Lipinski definition) is 5. The van der Waals surface area contributed by atoms with Crippen LogP contribution in [0.3, 0.4) is 0 Å². The van der Waals surface area contributed by atoms with Gasteiger partial charge in [0, 0.05) is 17.3 Å². The van der Waals surface area contributed by atoms with Crippen LogP contribution in [-0.2, 0) is 0 Å². The van der Waals surface area contributed by atoms with Crippen LogP contribution in [0.2, 0.25) is 0 Å². The summed E-state index contributed by atoms with van der Waals surface area (Å²) in [5.41, 5.74) is 3.61. The summed E-state index contributed by atoms with van der Waals surface area (Å²) in [6.45, 7) is 3.46. The number of carboxylic acid groups (broad SMARTS) is 1. The number of aryl methyl sites for hydroxylation is 2. The average Bonchev–Trinajstić information content (AvgIpc) is 3.38. The van der Waals surface area contributed by atoms with Gasteiger partial charge in [0.1, 0.15) is 0 Å². The molecule has 26 heavy (non-hydrogen) atoms. The van der Waals surface area contributed by atoms with E-state index in [4.69, 9.17) is 9.63 Å². The highest BCUT2D eigenvalue weighted by atomic mass is 16.5. The van der Waals surface area contributed by atoms with Crippen LogP contribution in [0.4, 0.5) is 5.69 Å². The molecule has 0 unspecified atom stereocenters. The summed E-state index contributed by atoms with van der Waals surface area (Å²) in [6.07, 6.45) is 2.12. The van der Waals surface area contributed by atoms with Crippen molar-refractivity contribution in [1.82, 2.24) is 10.1 Å². The largest absolute Gasteiger partial charge is 0.478 e. The van der Waals surface area contributed by atoms with E-state index >= 15 is 0 Å². The molecule has 0 radical (unpaired) electrons. The first-order chi connectivity index (χ1) is 12.4. The smallest absolute Gasteiger partial charge is 0.335 e. The third-order valence-corrected chi connectivity index (χ3v) is 4.59. The number of aromatic nitrogens is 2. The van der Waals surface area contributed by atoms with Crippen molar-refractivity contribution in [1.29, 1.82) is 0 Å². The van der Waals surface area contributed by atoms with Crippen molar-refractivity contribution in [3.05, 3.63) is 52.3 Å². The van der Waals surface area contributed by atoms with Crippen LogP contribution in [0.1, 0.15) is 56.4 Å². The number of rotatable bonds is 4. The predicted molar refractivity (Wildman–Crippen MR) is 94.6 cm³/mol. The topological polar surface area (TPSA) is 105 Å². The Balaban J connectivity index is 1.71. The highest BCUT2D eigenvalue weighted by Crippen LogP contribution is 2.40. The Kier molecular flexibility index (Phi) is 3.72. The predicted octanol–water partition coefficient (Wildman–Crippen LogP) is 3.67. The third kappa shape index (κ3) is 2.81. The molecule has 0 spiro atoms. The standard InChI is InChI=1S/C19H17N3O4/c1-9-7-12(5-6-13(9)19(24)25)20-17(23)14-8-15(11-3-4-11)21-18-16(14)10(2)22-26-18/h5-8,11H,3-4H2,1-2H3,(H,20,23)(H,24,25). The highest BCUT2D eigenvalue weighted by Gasteiger charge is 2.28. The summed E-state index contributed by atoms with van der Waals surface area (Å²) in [5.74, 6) is -0.924. The maximum Gasteiger partial charge on any atom is 0.335 e. The summed E-state index contributed by atoms with van der Waals surface area (Å²) >= 11 is 0. The zero-order valence-corrected chi connectivity index (χ0v) is 14.4. The Labute approximate surface area is 149 Å². The number of anilines is 1. The van der Waals surface area contributed by atoms with E-state index in [1.54, 1.807) is 32.0 Å². The van der Waals surface area contributed by atoms with Gasteiger partial charge in [0.05, 0.1) is 22.2 Å². The Morgan fingerprint density at radius 3 is 2.62 bits per heavy atom. The number of carbonyl (C=O) groups is 2. The van der Waals surface area contributed by atoms with Gasteiger partial charge < -0.3 is 14.9 Å². The van der Waals surface area contributed by atoms with Gasteiger partial charge in [-0.1, -0.05) is 5.16 Å². The molecule has 0 atom stereocenters. The van der Waals surface area contributed by atoms with Crippen molar-refractivity contribution >= 4 is 28.7 Å². The quantitative estimate of drug-likeness (QED) is 0.743. The van der Waals surface area contributed by atoms with Gasteiger partial charge in [-0.05, 0) is 56.5 Å². The van der Waals surface area contributed by atoms with Gasteiger partial charge in [-0.15, -0.1) is 0 Å². The second-order valence-electron chi connectivity index (χ2n) is 6.61. The normalized spacial score (nSPS) is 13.8. The van der Waals surface area contributed by atoms with Gasteiger partial charge in [-0.25, -0.2) is 9.78 Å². The van der Waals surface area contributed by atoms with Crippen molar-refractivity contribution in [2.75, 3.05) is 5.32 Å². The molecule has 1 fully saturated rings. The zero-order valence-electron chi connectivity index (χ0n) is 14.4. The lowest BCUT2D eigenvalue weighted by molar-refractivity contribution is 0.0696. The Hall–Kier alpha value is -3.22. The summed E-state index contributed by atoms with van der Waals surface area (Å²) in [4.78, 5) is 28.5. The molecule has 2 N–H and O–H groups in total. The fourth-order valence-electron chi connectivity index (χ4n) is 3.06. The first-order valence-corrected chi connectivity index (χ1v) is 8.36. The van der Waals surface area contributed by atoms with Crippen LogP contribution < -0.4 is 5.32 Å². The number of amides is 1. The number of aromatic carboxylic acids is 1. The minimum Gasteiger partial charge on any atom is -0.478 e. The van der Waals surface area contributed by atoms with Crippen LogP contribution in [-0.4, -0.2) is 27.1 Å². The first kappa shape index (κ1) is 16.3. The summed E-state index contributed by atoms with van der Waals surface area (Å²) < 4.78 is 5.26. The molecule has 1 aliphatic rings. The lowest BCUT2D eigenvalue weighted by Gasteiger charge is -2.09. The van der Waals surface area contributed by atoms with Gasteiger partial charge >= 0.3 is 5.97 Å². The first-order valence-electron chi connectivity index (χ1n) is 8.36. The highest BCUT2D eigenvalue weighted by molar-refractivity contribution is 6.12. The van der Waals surface area contributed by atoms with E-state index in [0.29, 0.717) is 39.5 Å². The van der Waals surface area contributed by atoms with Crippen molar-refractivity contribution in [3.8, 4) is 0 Å². The molecular weight excluding hydrogens is 334 g/mol. The van der Waals surface area contributed by atoms with Crippen LogP contribution in [0.5, 0.6) is 0 Å². The van der Waals surface area contributed by atoms with Gasteiger partial charge in [-0.2, -0.15) is 0 Å². The van der Waals surface area contributed by atoms with Crippen LogP contribution in [0.25, 0.3) is 11.1 Å². The Morgan fingerprint density at radius 1 is 1.19 bits per heavy atom. The zero-order chi connectivity index (χ0) is 18.4. The second-order valence-corrected chi connectivity index (χ2v) is 6.61. The Bertz CT molecular complexity index is 1050. The molecule has 0 saturated heterocycles. The molecule has 7 heteroatoms. The van der Waals surface area contributed by atoms with E-state index in [9.17, 15) is 9.59 Å². The molecule has 2 heterocycles. The molecule has 1 saturated carbocycles.